The molecule has 0 spiro atoms. The van der Waals surface area contributed by atoms with E-state index in [0.717, 1.165) is 10.6 Å². The number of amides is 1. The molecule has 116 valence electrons. The van der Waals surface area contributed by atoms with Gasteiger partial charge >= 0.3 is 0 Å². The average Bonchev–Trinajstić information content (AvgIpc) is 2.60. The SMILES string of the molecule is CSc1ncccc1C(=O)N(C)Cc1ccc2ccccc2c1. The summed E-state index contributed by atoms with van der Waals surface area (Å²) in [4.78, 5) is 18.7. The van der Waals surface area contributed by atoms with Gasteiger partial charge in [0.15, 0.2) is 0 Å². The van der Waals surface area contributed by atoms with E-state index in [1.165, 1.54) is 22.5 Å². The summed E-state index contributed by atoms with van der Waals surface area (Å²) in [5.74, 6) is -0.00407. The molecule has 0 aliphatic heterocycles. The molecule has 3 rings (SSSR count). The summed E-state index contributed by atoms with van der Waals surface area (Å²) in [6.07, 6.45) is 3.65. The van der Waals surface area contributed by atoms with E-state index in [9.17, 15) is 4.79 Å². The molecule has 0 unspecified atom stereocenters. The zero-order valence-corrected chi connectivity index (χ0v) is 14.0. The Morgan fingerprint density at radius 2 is 1.87 bits per heavy atom. The first-order valence-corrected chi connectivity index (χ1v) is 8.63. The van der Waals surface area contributed by atoms with E-state index < -0.39 is 0 Å². The second kappa shape index (κ2) is 6.84. The second-order valence-corrected chi connectivity index (χ2v) is 6.20. The summed E-state index contributed by atoms with van der Waals surface area (Å²) in [5, 5.41) is 3.17. The van der Waals surface area contributed by atoms with Crippen molar-refractivity contribution >= 4 is 28.4 Å². The highest BCUT2D eigenvalue weighted by atomic mass is 32.2. The minimum Gasteiger partial charge on any atom is -0.337 e. The van der Waals surface area contributed by atoms with Crippen LogP contribution < -0.4 is 0 Å². The molecule has 1 amide bonds. The standard InChI is InChI=1S/C19H18N2OS/c1-21(19(22)17-8-5-11-20-18(17)23-2)13-14-9-10-15-6-3-4-7-16(15)12-14/h3-12H,13H2,1-2H3. The Morgan fingerprint density at radius 3 is 2.65 bits per heavy atom. The van der Waals surface area contributed by atoms with Gasteiger partial charge in [-0.2, -0.15) is 0 Å². The van der Waals surface area contributed by atoms with Gasteiger partial charge in [-0.05, 0) is 40.8 Å². The highest BCUT2D eigenvalue weighted by Crippen LogP contribution is 2.20. The summed E-state index contributed by atoms with van der Waals surface area (Å²) in [5.41, 5.74) is 1.78. The van der Waals surface area contributed by atoms with Crippen molar-refractivity contribution in [2.45, 2.75) is 11.6 Å². The van der Waals surface area contributed by atoms with Gasteiger partial charge in [0, 0.05) is 19.8 Å². The number of benzene rings is 2. The number of thioether (sulfide) groups is 1. The van der Waals surface area contributed by atoms with E-state index in [1.54, 1.807) is 17.2 Å². The maximum atomic E-state index is 12.7. The normalized spacial score (nSPS) is 10.7. The van der Waals surface area contributed by atoms with Crippen LogP contribution in [-0.2, 0) is 6.54 Å². The van der Waals surface area contributed by atoms with Gasteiger partial charge < -0.3 is 4.90 Å². The lowest BCUT2D eigenvalue weighted by Gasteiger charge is -2.18. The molecular formula is C19H18N2OS. The number of hydrogen-bond donors (Lipinski definition) is 0. The van der Waals surface area contributed by atoms with Gasteiger partial charge in [0.05, 0.1) is 5.56 Å². The molecule has 23 heavy (non-hydrogen) atoms. The number of pyridine rings is 1. The molecule has 0 fully saturated rings. The first-order chi connectivity index (χ1) is 11.2. The fraction of sp³-hybridized carbons (Fsp3) is 0.158. The zero-order chi connectivity index (χ0) is 16.2. The van der Waals surface area contributed by atoms with Crippen LogP contribution in [0.3, 0.4) is 0 Å². The summed E-state index contributed by atoms with van der Waals surface area (Å²) in [6, 6.07) is 18.2. The summed E-state index contributed by atoms with van der Waals surface area (Å²) < 4.78 is 0. The fourth-order valence-corrected chi connectivity index (χ4v) is 3.15. The lowest BCUT2D eigenvalue weighted by Crippen LogP contribution is -2.26. The van der Waals surface area contributed by atoms with Gasteiger partial charge in [-0.15, -0.1) is 11.8 Å². The second-order valence-electron chi connectivity index (χ2n) is 5.40. The van der Waals surface area contributed by atoms with Crippen LogP contribution >= 0.6 is 11.8 Å². The van der Waals surface area contributed by atoms with E-state index in [4.69, 9.17) is 0 Å². The molecule has 0 saturated carbocycles. The van der Waals surface area contributed by atoms with Gasteiger partial charge in [0.25, 0.3) is 5.91 Å². The summed E-state index contributed by atoms with van der Waals surface area (Å²) >= 11 is 1.49. The predicted octanol–water partition coefficient (Wildman–Crippen LogP) is 4.23. The number of rotatable bonds is 4. The molecule has 1 heterocycles. The van der Waals surface area contributed by atoms with E-state index >= 15 is 0 Å². The molecule has 0 radical (unpaired) electrons. The van der Waals surface area contributed by atoms with Crippen LogP contribution in [0.1, 0.15) is 15.9 Å². The molecule has 3 aromatic rings. The van der Waals surface area contributed by atoms with Crippen LogP contribution in [0.2, 0.25) is 0 Å². The highest BCUT2D eigenvalue weighted by Gasteiger charge is 2.16. The Hall–Kier alpha value is -2.33. The van der Waals surface area contributed by atoms with Crippen molar-refractivity contribution in [2.24, 2.45) is 0 Å². The zero-order valence-electron chi connectivity index (χ0n) is 13.2. The summed E-state index contributed by atoms with van der Waals surface area (Å²) in [7, 11) is 1.83. The molecule has 0 N–H and O–H groups in total. The molecule has 0 aliphatic carbocycles. The van der Waals surface area contributed by atoms with Gasteiger partial charge in [-0.25, -0.2) is 4.98 Å². The predicted molar refractivity (Wildman–Crippen MR) is 95.8 cm³/mol. The average molecular weight is 322 g/mol. The number of fused-ring (bicyclic) bond motifs is 1. The molecule has 4 heteroatoms. The van der Waals surface area contributed by atoms with Gasteiger partial charge in [-0.3, -0.25) is 4.79 Å². The minimum atomic E-state index is -0.00407. The van der Waals surface area contributed by atoms with Gasteiger partial charge in [-0.1, -0.05) is 36.4 Å². The topological polar surface area (TPSA) is 33.2 Å². The van der Waals surface area contributed by atoms with Crippen molar-refractivity contribution in [3.63, 3.8) is 0 Å². The maximum Gasteiger partial charge on any atom is 0.256 e. The summed E-state index contributed by atoms with van der Waals surface area (Å²) in [6.45, 7) is 0.576. The maximum absolute atomic E-state index is 12.7. The lowest BCUT2D eigenvalue weighted by molar-refractivity contribution is 0.0781. The van der Waals surface area contributed by atoms with Crippen molar-refractivity contribution in [3.05, 3.63) is 71.9 Å². The smallest absolute Gasteiger partial charge is 0.256 e. The van der Waals surface area contributed by atoms with E-state index in [-0.39, 0.29) is 5.91 Å². The van der Waals surface area contributed by atoms with Crippen LogP contribution in [0.15, 0.2) is 65.8 Å². The van der Waals surface area contributed by atoms with Crippen molar-refractivity contribution in [3.8, 4) is 0 Å². The van der Waals surface area contributed by atoms with Crippen LogP contribution in [0.25, 0.3) is 10.8 Å². The third-order valence-electron chi connectivity index (χ3n) is 3.78. The van der Waals surface area contributed by atoms with E-state index in [0.29, 0.717) is 12.1 Å². The van der Waals surface area contributed by atoms with Crippen molar-refractivity contribution in [1.82, 2.24) is 9.88 Å². The molecule has 0 bridgehead atoms. The Labute approximate surface area is 140 Å². The minimum absolute atomic E-state index is 0.00407. The van der Waals surface area contributed by atoms with Crippen LogP contribution in [-0.4, -0.2) is 29.1 Å². The number of carbonyl (C=O) groups excluding carboxylic acids is 1. The van der Waals surface area contributed by atoms with E-state index in [2.05, 4.69) is 35.3 Å². The molecule has 0 saturated heterocycles. The number of aromatic nitrogens is 1. The van der Waals surface area contributed by atoms with Crippen molar-refractivity contribution in [1.29, 1.82) is 0 Å². The van der Waals surface area contributed by atoms with Gasteiger partial charge in [0.1, 0.15) is 5.03 Å². The third kappa shape index (κ3) is 3.37. The van der Waals surface area contributed by atoms with Gasteiger partial charge in [0.2, 0.25) is 0 Å². The Kier molecular flexibility index (Phi) is 4.63. The monoisotopic (exact) mass is 322 g/mol. The molecule has 0 atom stereocenters. The first kappa shape index (κ1) is 15.6. The number of hydrogen-bond acceptors (Lipinski definition) is 3. The lowest BCUT2D eigenvalue weighted by atomic mass is 10.1. The van der Waals surface area contributed by atoms with E-state index in [1.807, 2.05) is 31.5 Å². The largest absolute Gasteiger partial charge is 0.337 e. The third-order valence-corrected chi connectivity index (χ3v) is 4.49. The van der Waals surface area contributed by atoms with Crippen molar-refractivity contribution < 1.29 is 4.79 Å². The van der Waals surface area contributed by atoms with Crippen molar-refractivity contribution in [2.75, 3.05) is 13.3 Å². The highest BCUT2D eigenvalue weighted by molar-refractivity contribution is 7.98. The van der Waals surface area contributed by atoms with Crippen LogP contribution in [0.4, 0.5) is 0 Å². The molecule has 0 aliphatic rings. The van der Waals surface area contributed by atoms with Crippen LogP contribution in [0.5, 0.6) is 0 Å². The number of carbonyl (C=O) groups is 1. The molecular weight excluding hydrogens is 304 g/mol. The molecule has 2 aromatic carbocycles. The molecule has 3 nitrogen and oxygen atoms in total. The first-order valence-electron chi connectivity index (χ1n) is 7.41. The van der Waals surface area contributed by atoms with Crippen LogP contribution in [0, 0.1) is 0 Å². The fourth-order valence-electron chi connectivity index (χ4n) is 2.60. The Balaban J connectivity index is 1.82. The Morgan fingerprint density at radius 1 is 1.09 bits per heavy atom. The molecule has 1 aromatic heterocycles. The number of nitrogens with zero attached hydrogens (tertiary/aromatic N) is 2. The Bertz CT molecular complexity index is 847. The quantitative estimate of drug-likeness (QED) is 0.674.